The molecule has 0 fully saturated rings. The third-order valence-corrected chi connectivity index (χ3v) is 17.0. The number of methoxy groups -OCH3 is 2. The third-order valence-electron chi connectivity index (χ3n) is 13.5. The van der Waals surface area contributed by atoms with Crippen LogP contribution in [-0.4, -0.2) is 55.8 Å². The van der Waals surface area contributed by atoms with E-state index >= 15 is 0 Å². The van der Waals surface area contributed by atoms with Crippen LogP contribution in [0.15, 0.2) is 202 Å². The largest absolute Gasteiger partial charge is 0.497 e. The SMILES string of the molecule is COc1ccc(C(c2ccc(Oc3ccc(S(=O)(=O)c4ccc(C)c(C)c4)cc3C)cc2)(C(F)(F)F)C(F)(F)F)cc1.COc1ccc(C(c2ccc(Oc3ccc(S(=O)(=O)c4ccc(C)cc4)cc3)cc2)(C(F)(F)F)C(F)(F)F)cc1. The van der Waals surface area contributed by atoms with Crippen LogP contribution < -0.4 is 18.9 Å². The lowest BCUT2D eigenvalue weighted by molar-refractivity contribution is -0.290. The maximum Gasteiger partial charge on any atom is 0.411 e. The van der Waals surface area contributed by atoms with Crippen molar-refractivity contribution in [1.82, 2.24) is 0 Å². The zero-order valence-electron chi connectivity index (χ0n) is 43.9. The van der Waals surface area contributed by atoms with Gasteiger partial charge in [-0.3, -0.25) is 0 Å². The Morgan fingerprint density at radius 2 is 0.585 bits per heavy atom. The zero-order chi connectivity index (χ0) is 60.4. The lowest BCUT2D eigenvalue weighted by atomic mass is 9.73. The number of sulfone groups is 2. The molecule has 0 saturated carbocycles. The Bertz CT molecular complexity index is 3720. The second-order valence-electron chi connectivity index (χ2n) is 18.7. The highest BCUT2D eigenvalue weighted by molar-refractivity contribution is 7.91. The Balaban J connectivity index is 0.000000236. The van der Waals surface area contributed by atoms with Crippen LogP contribution in [0.3, 0.4) is 0 Å². The third kappa shape index (κ3) is 12.0. The number of alkyl halides is 12. The minimum atomic E-state index is -5.74. The predicted molar refractivity (Wildman–Crippen MR) is 280 cm³/mol. The van der Waals surface area contributed by atoms with Crippen molar-refractivity contribution in [3.05, 3.63) is 226 Å². The zero-order valence-corrected chi connectivity index (χ0v) is 45.6. The van der Waals surface area contributed by atoms with Crippen molar-refractivity contribution in [2.75, 3.05) is 14.2 Å². The first-order chi connectivity index (χ1) is 38.2. The van der Waals surface area contributed by atoms with Gasteiger partial charge in [0.15, 0.2) is 0 Å². The normalized spacial score (nSPS) is 12.7. The van der Waals surface area contributed by atoms with E-state index < -0.39 is 77.5 Å². The Kier molecular flexibility index (Phi) is 17.4. The van der Waals surface area contributed by atoms with Crippen LogP contribution >= 0.6 is 0 Å². The molecule has 0 radical (unpaired) electrons. The van der Waals surface area contributed by atoms with Crippen molar-refractivity contribution < 1.29 is 88.5 Å². The summed E-state index contributed by atoms with van der Waals surface area (Å²) in [6.07, 6.45) is -23.0. The maximum absolute atomic E-state index is 14.4. The number of ether oxygens (including phenoxy) is 4. The molecule has 82 heavy (non-hydrogen) atoms. The molecule has 0 aliphatic heterocycles. The van der Waals surface area contributed by atoms with Crippen molar-refractivity contribution in [3.63, 3.8) is 0 Å². The van der Waals surface area contributed by atoms with E-state index in [1.165, 1.54) is 74.9 Å². The van der Waals surface area contributed by atoms with Gasteiger partial charge in [-0.15, -0.1) is 0 Å². The summed E-state index contributed by atoms with van der Waals surface area (Å²) in [5.41, 5.74) is -9.74. The smallest absolute Gasteiger partial charge is 0.411 e. The molecular formula is C60H48F12O8S2. The topological polar surface area (TPSA) is 105 Å². The molecule has 0 heterocycles. The second kappa shape index (κ2) is 23.1. The molecule has 8 nitrogen and oxygen atoms in total. The molecule has 0 N–H and O–H groups in total. The lowest BCUT2D eigenvalue weighted by Gasteiger charge is -2.38. The van der Waals surface area contributed by atoms with Gasteiger partial charge < -0.3 is 18.9 Å². The highest BCUT2D eigenvalue weighted by Gasteiger charge is 2.73. The Hall–Kier alpha value is -7.98. The standard InChI is InChI=1S/C31H26F6O4S.C29H22F6O4S/c1-19-5-14-26(17-20(19)2)42(38,39)27-15-16-28(21(3)18-27)41-25-12-8-23(9-13-25)29(30(32,33)34,31(35,36)37)22-6-10-24(40-4)11-7-22;1-19-3-15-25(16-4-19)40(36,37)26-17-13-24(14-18-26)39-23-11-7-21(8-12-23)27(28(30,31)32,29(33,34)35)20-5-9-22(38-2)10-6-20/h5-18H,1-4H3;3-18H,1-2H3. The number of aryl methyl sites for hydroxylation is 4. The number of halogens is 12. The van der Waals surface area contributed by atoms with Gasteiger partial charge in [0.1, 0.15) is 34.5 Å². The van der Waals surface area contributed by atoms with E-state index in [0.717, 1.165) is 89.5 Å². The van der Waals surface area contributed by atoms with Gasteiger partial charge in [0.25, 0.3) is 0 Å². The van der Waals surface area contributed by atoms with Crippen LogP contribution in [0, 0.1) is 27.7 Å². The van der Waals surface area contributed by atoms with Crippen LogP contribution in [0.25, 0.3) is 0 Å². The first-order valence-corrected chi connectivity index (χ1v) is 27.2. The van der Waals surface area contributed by atoms with Gasteiger partial charge in [-0.2, -0.15) is 52.7 Å². The molecular weight excluding hydrogens is 1140 g/mol. The first-order valence-electron chi connectivity index (χ1n) is 24.2. The fraction of sp³-hybridized carbons (Fsp3) is 0.200. The van der Waals surface area contributed by atoms with Crippen LogP contribution in [0.2, 0.25) is 0 Å². The van der Waals surface area contributed by atoms with E-state index in [-0.39, 0.29) is 54.1 Å². The van der Waals surface area contributed by atoms with Crippen molar-refractivity contribution in [2.24, 2.45) is 0 Å². The Labute approximate surface area is 464 Å². The van der Waals surface area contributed by atoms with Crippen molar-refractivity contribution in [3.8, 4) is 34.5 Å². The summed E-state index contributed by atoms with van der Waals surface area (Å²) in [6, 6.07) is 34.3. The number of hydrogen-bond acceptors (Lipinski definition) is 8. The summed E-state index contributed by atoms with van der Waals surface area (Å²) in [4.78, 5) is 0.199. The predicted octanol–water partition coefficient (Wildman–Crippen LogP) is 16.7. The fourth-order valence-electron chi connectivity index (χ4n) is 8.92. The molecule has 0 aliphatic carbocycles. The number of rotatable bonds is 14. The Morgan fingerprint density at radius 3 is 0.915 bits per heavy atom. The van der Waals surface area contributed by atoms with Crippen LogP contribution in [0.4, 0.5) is 52.7 Å². The highest BCUT2D eigenvalue weighted by Crippen LogP contribution is 2.58. The van der Waals surface area contributed by atoms with Crippen molar-refractivity contribution in [2.45, 2.75) is 82.8 Å². The number of hydrogen-bond donors (Lipinski definition) is 0. The van der Waals surface area contributed by atoms with E-state index in [1.807, 2.05) is 13.8 Å². The summed E-state index contributed by atoms with van der Waals surface area (Å²) >= 11 is 0. The molecule has 0 atom stereocenters. The molecule has 0 spiro atoms. The monoisotopic (exact) mass is 1190 g/mol. The van der Waals surface area contributed by atoms with Crippen LogP contribution in [0.1, 0.15) is 44.5 Å². The van der Waals surface area contributed by atoms with E-state index in [2.05, 4.69) is 0 Å². The average Bonchev–Trinajstić information content (AvgIpc) is 3.58. The molecule has 8 rings (SSSR count). The second-order valence-corrected chi connectivity index (χ2v) is 22.6. The van der Waals surface area contributed by atoms with Gasteiger partial charge >= 0.3 is 24.7 Å². The lowest BCUT2D eigenvalue weighted by Crippen LogP contribution is -2.54. The maximum atomic E-state index is 14.4. The summed E-state index contributed by atoms with van der Waals surface area (Å²) in [5, 5.41) is 0. The van der Waals surface area contributed by atoms with Gasteiger partial charge in [0.2, 0.25) is 30.5 Å². The van der Waals surface area contributed by atoms with E-state index in [0.29, 0.717) is 29.8 Å². The van der Waals surface area contributed by atoms with Gasteiger partial charge in [0.05, 0.1) is 33.8 Å². The molecule has 0 aliphatic rings. The van der Waals surface area contributed by atoms with Gasteiger partial charge in [-0.1, -0.05) is 72.3 Å². The highest BCUT2D eigenvalue weighted by atomic mass is 32.2. The summed E-state index contributed by atoms with van der Waals surface area (Å²) in [7, 11) is -5.17. The van der Waals surface area contributed by atoms with E-state index in [1.54, 1.807) is 38.1 Å². The molecule has 0 bridgehead atoms. The number of benzene rings is 8. The van der Waals surface area contributed by atoms with Gasteiger partial charge in [-0.05, 0) is 182 Å². The fourth-order valence-corrected chi connectivity index (χ4v) is 11.6. The quantitative estimate of drug-likeness (QED) is 0.0992. The van der Waals surface area contributed by atoms with E-state index in [9.17, 15) is 69.5 Å². The molecule has 22 heteroatoms. The summed E-state index contributed by atoms with van der Waals surface area (Å²) < 4.78 is 245. The van der Waals surface area contributed by atoms with E-state index in [4.69, 9.17) is 18.9 Å². The summed E-state index contributed by atoms with van der Waals surface area (Å²) in [6.45, 7) is 7.05. The first kappa shape index (κ1) is 61.6. The average molecular weight is 1190 g/mol. The molecule has 432 valence electrons. The van der Waals surface area contributed by atoms with Crippen molar-refractivity contribution in [1.29, 1.82) is 0 Å². The molecule has 0 amide bonds. The summed E-state index contributed by atoms with van der Waals surface area (Å²) in [5.74, 6) is 0.413. The van der Waals surface area contributed by atoms with Crippen LogP contribution in [0.5, 0.6) is 34.5 Å². The molecule has 0 unspecified atom stereocenters. The van der Waals surface area contributed by atoms with Gasteiger partial charge in [0, 0.05) is 0 Å². The minimum absolute atomic E-state index is 0.00517. The van der Waals surface area contributed by atoms with Gasteiger partial charge in [-0.25, -0.2) is 16.8 Å². The Morgan fingerprint density at radius 1 is 0.305 bits per heavy atom. The van der Waals surface area contributed by atoms with Crippen molar-refractivity contribution >= 4 is 19.7 Å². The molecule has 8 aromatic rings. The van der Waals surface area contributed by atoms with Crippen LogP contribution in [-0.2, 0) is 30.5 Å². The molecule has 0 aromatic heterocycles. The molecule has 8 aromatic carbocycles. The minimum Gasteiger partial charge on any atom is -0.497 e. The molecule has 0 saturated heterocycles.